The summed E-state index contributed by atoms with van der Waals surface area (Å²) in [5.74, 6) is -1.64. The number of nitrogens with zero attached hydrogens (tertiary/aromatic N) is 3. The van der Waals surface area contributed by atoms with E-state index in [1.807, 2.05) is 0 Å². The van der Waals surface area contributed by atoms with Crippen molar-refractivity contribution < 1.29 is 13.6 Å². The zero-order valence-electron chi connectivity index (χ0n) is 17.2. The van der Waals surface area contributed by atoms with Crippen molar-refractivity contribution in [1.29, 1.82) is 5.41 Å². The molecule has 0 bridgehead atoms. The topological polar surface area (TPSA) is 95.2 Å². The molecule has 2 heterocycles. The van der Waals surface area contributed by atoms with Gasteiger partial charge in [-0.1, -0.05) is 11.6 Å². The molecule has 4 aromatic rings. The molecule has 10 heteroatoms. The van der Waals surface area contributed by atoms with Crippen LogP contribution in [0, 0.1) is 17.0 Å². The number of rotatable bonds is 6. The molecule has 2 aromatic heterocycles. The van der Waals surface area contributed by atoms with Gasteiger partial charge in [0.2, 0.25) is 0 Å². The fraction of sp³-hybridized carbons (Fsp3) is 0.0435. The Labute approximate surface area is 192 Å². The van der Waals surface area contributed by atoms with E-state index in [0.29, 0.717) is 22.5 Å². The molecule has 0 aliphatic rings. The lowest BCUT2D eigenvalue weighted by atomic mass is 10.0. The lowest BCUT2D eigenvalue weighted by Crippen LogP contribution is -2.14. The van der Waals surface area contributed by atoms with Gasteiger partial charge >= 0.3 is 0 Å². The molecule has 3 N–H and O–H groups in total. The Morgan fingerprint density at radius 2 is 1.88 bits per heavy atom. The summed E-state index contributed by atoms with van der Waals surface area (Å²) >= 11 is 5.86. The molecule has 7 nitrogen and oxygen atoms in total. The SMILES string of the molecule is CN/C=C(\C(=N)c1ccc(F)cc1)c1ccc2nc(NC(=O)c3cc(Cl)ccc3F)cn2n1. The van der Waals surface area contributed by atoms with Crippen LogP contribution in [0.2, 0.25) is 5.02 Å². The monoisotopic (exact) mass is 466 g/mol. The molecule has 0 atom stereocenters. The number of imidazole rings is 1. The fourth-order valence-electron chi connectivity index (χ4n) is 3.13. The molecule has 0 radical (unpaired) electrons. The Hall–Kier alpha value is -4.11. The van der Waals surface area contributed by atoms with E-state index in [1.165, 1.54) is 47.1 Å². The van der Waals surface area contributed by atoms with Crippen molar-refractivity contribution in [3.8, 4) is 0 Å². The van der Waals surface area contributed by atoms with E-state index >= 15 is 0 Å². The second-order valence-corrected chi connectivity index (χ2v) is 7.39. The first kappa shape index (κ1) is 22.1. The quantitative estimate of drug-likeness (QED) is 0.363. The molecular weight excluding hydrogens is 450 g/mol. The van der Waals surface area contributed by atoms with Crippen molar-refractivity contribution in [3.63, 3.8) is 0 Å². The van der Waals surface area contributed by atoms with Crippen molar-refractivity contribution in [3.05, 3.63) is 100 Å². The maximum absolute atomic E-state index is 14.0. The Morgan fingerprint density at radius 1 is 1.12 bits per heavy atom. The van der Waals surface area contributed by atoms with Gasteiger partial charge in [0, 0.05) is 29.4 Å². The van der Waals surface area contributed by atoms with E-state index in [2.05, 4.69) is 20.7 Å². The molecule has 0 aliphatic heterocycles. The zero-order chi connectivity index (χ0) is 23.5. The Balaban J connectivity index is 1.63. The lowest BCUT2D eigenvalue weighted by Gasteiger charge is -2.10. The van der Waals surface area contributed by atoms with Gasteiger partial charge in [0.05, 0.1) is 23.2 Å². The minimum absolute atomic E-state index is 0.140. The van der Waals surface area contributed by atoms with Gasteiger partial charge in [-0.3, -0.25) is 10.2 Å². The van der Waals surface area contributed by atoms with E-state index in [0.717, 1.165) is 6.07 Å². The predicted molar refractivity (Wildman–Crippen MR) is 123 cm³/mol. The maximum Gasteiger partial charge on any atom is 0.259 e. The molecule has 0 fully saturated rings. The van der Waals surface area contributed by atoms with Crippen molar-refractivity contribution in [2.24, 2.45) is 0 Å². The van der Waals surface area contributed by atoms with Crippen molar-refractivity contribution in [2.45, 2.75) is 0 Å². The van der Waals surface area contributed by atoms with Crippen molar-refractivity contribution in [2.75, 3.05) is 12.4 Å². The molecule has 33 heavy (non-hydrogen) atoms. The van der Waals surface area contributed by atoms with Gasteiger partial charge in [-0.05, 0) is 54.6 Å². The average molecular weight is 467 g/mol. The molecule has 1 amide bonds. The van der Waals surface area contributed by atoms with Crippen LogP contribution in [0.15, 0.2) is 67.0 Å². The Bertz CT molecular complexity index is 1400. The molecule has 166 valence electrons. The first-order valence-corrected chi connectivity index (χ1v) is 10.1. The van der Waals surface area contributed by atoms with Crippen LogP contribution >= 0.6 is 11.6 Å². The van der Waals surface area contributed by atoms with Crippen LogP contribution in [0.5, 0.6) is 0 Å². The summed E-state index contributed by atoms with van der Waals surface area (Å²) < 4.78 is 28.7. The van der Waals surface area contributed by atoms with Crippen molar-refractivity contribution in [1.82, 2.24) is 19.9 Å². The molecule has 0 spiro atoms. The highest BCUT2D eigenvalue weighted by Gasteiger charge is 2.16. The van der Waals surface area contributed by atoms with Crippen LogP contribution in [0.25, 0.3) is 11.2 Å². The number of carbonyl (C=O) groups excluding carboxylic acids is 1. The number of halogens is 3. The summed E-state index contributed by atoms with van der Waals surface area (Å²) in [7, 11) is 1.69. The number of hydrogen-bond donors (Lipinski definition) is 3. The lowest BCUT2D eigenvalue weighted by molar-refractivity contribution is 0.102. The number of nitrogens with one attached hydrogen (secondary N) is 3. The second kappa shape index (κ2) is 9.17. The third-order valence-electron chi connectivity index (χ3n) is 4.70. The van der Waals surface area contributed by atoms with E-state index in [4.69, 9.17) is 17.0 Å². The van der Waals surface area contributed by atoms with Crippen LogP contribution in [-0.2, 0) is 0 Å². The standard InChI is InChI=1S/C23H17ClF2N6O/c1-28-11-17(22(27)13-2-5-15(25)6-3-13)19-8-9-21-29-20(12-32(21)31-19)30-23(33)16-10-14(24)4-7-18(16)26/h2-12,27-28H,1H3,(H,30,33)/b17-11-,27-22?. The number of allylic oxidation sites excluding steroid dienone is 1. The van der Waals surface area contributed by atoms with Crippen LogP contribution in [0.1, 0.15) is 21.6 Å². The third kappa shape index (κ3) is 4.73. The van der Waals surface area contributed by atoms with Crippen LogP contribution in [-0.4, -0.2) is 33.3 Å². The van der Waals surface area contributed by atoms with E-state index in [1.54, 1.807) is 25.4 Å². The Morgan fingerprint density at radius 3 is 2.61 bits per heavy atom. The number of amides is 1. The molecule has 0 unspecified atom stereocenters. The summed E-state index contributed by atoms with van der Waals surface area (Å²) in [5, 5.41) is 18.7. The minimum Gasteiger partial charge on any atom is -0.393 e. The van der Waals surface area contributed by atoms with Gasteiger partial charge in [0.1, 0.15) is 11.6 Å². The number of anilines is 1. The first-order chi connectivity index (χ1) is 15.9. The molecular formula is C23H17ClF2N6O. The zero-order valence-corrected chi connectivity index (χ0v) is 18.0. The number of hydrogen-bond acceptors (Lipinski definition) is 5. The van der Waals surface area contributed by atoms with Gasteiger partial charge in [0.15, 0.2) is 11.5 Å². The maximum atomic E-state index is 14.0. The van der Waals surface area contributed by atoms with E-state index < -0.39 is 17.5 Å². The highest BCUT2D eigenvalue weighted by atomic mass is 35.5. The van der Waals surface area contributed by atoms with Gasteiger partial charge < -0.3 is 10.6 Å². The van der Waals surface area contributed by atoms with Crippen LogP contribution < -0.4 is 10.6 Å². The number of fused-ring (bicyclic) bond motifs is 1. The summed E-state index contributed by atoms with van der Waals surface area (Å²) in [6.45, 7) is 0. The van der Waals surface area contributed by atoms with Gasteiger partial charge in [0.25, 0.3) is 5.91 Å². The van der Waals surface area contributed by atoms with Crippen molar-refractivity contribution >= 4 is 40.3 Å². The summed E-state index contributed by atoms with van der Waals surface area (Å²) in [6.07, 6.45) is 3.08. The normalized spacial score (nSPS) is 11.5. The highest BCUT2D eigenvalue weighted by Crippen LogP contribution is 2.20. The fourth-order valence-corrected chi connectivity index (χ4v) is 3.30. The van der Waals surface area contributed by atoms with Gasteiger partial charge in [-0.25, -0.2) is 18.3 Å². The van der Waals surface area contributed by atoms with Crippen LogP contribution in [0.4, 0.5) is 14.6 Å². The molecule has 2 aromatic carbocycles. The van der Waals surface area contributed by atoms with Gasteiger partial charge in [-0.15, -0.1) is 0 Å². The third-order valence-corrected chi connectivity index (χ3v) is 4.94. The summed E-state index contributed by atoms with van der Waals surface area (Å²) in [5.41, 5.74) is 1.79. The van der Waals surface area contributed by atoms with E-state index in [9.17, 15) is 13.6 Å². The smallest absolute Gasteiger partial charge is 0.259 e. The highest BCUT2D eigenvalue weighted by molar-refractivity contribution is 6.31. The molecule has 0 saturated heterocycles. The largest absolute Gasteiger partial charge is 0.393 e. The first-order valence-electron chi connectivity index (χ1n) is 9.71. The molecule has 0 saturated carbocycles. The Kier molecular flexibility index (Phi) is 6.14. The average Bonchev–Trinajstić information content (AvgIpc) is 3.20. The summed E-state index contributed by atoms with van der Waals surface area (Å²) in [4.78, 5) is 16.7. The van der Waals surface area contributed by atoms with E-state index in [-0.39, 0.29) is 22.1 Å². The minimum atomic E-state index is -0.706. The summed E-state index contributed by atoms with van der Waals surface area (Å²) in [6, 6.07) is 12.6. The van der Waals surface area contributed by atoms with Gasteiger partial charge in [-0.2, -0.15) is 5.10 Å². The number of benzene rings is 2. The molecule has 0 aliphatic carbocycles. The number of aromatic nitrogens is 3. The predicted octanol–water partition coefficient (Wildman–Crippen LogP) is 4.54. The second-order valence-electron chi connectivity index (χ2n) is 6.95. The number of carbonyl (C=O) groups is 1. The molecule has 4 rings (SSSR count). The van der Waals surface area contributed by atoms with Crippen LogP contribution in [0.3, 0.4) is 0 Å².